The molecular weight excluding hydrogens is 188 g/mol. The van der Waals surface area contributed by atoms with Crippen LogP contribution in [0.25, 0.3) is 21.7 Å². The summed E-state index contributed by atoms with van der Waals surface area (Å²) >= 11 is 0. The molecule has 0 fully saturated rings. The van der Waals surface area contributed by atoms with Crippen LogP contribution in [0.5, 0.6) is 5.75 Å². The summed E-state index contributed by atoms with van der Waals surface area (Å²) in [5.41, 5.74) is 0.752. The van der Waals surface area contributed by atoms with Gasteiger partial charge >= 0.3 is 0 Å². The second kappa shape index (κ2) is 2.92. The maximum Gasteiger partial charge on any atom is 0.0775 e. The van der Waals surface area contributed by atoms with Gasteiger partial charge in [-0.2, -0.15) is 0 Å². The Bertz CT molecular complexity index is 649. The average Bonchev–Trinajstić information content (AvgIpc) is 2.29. The second-order valence-corrected chi connectivity index (χ2v) is 3.38. The van der Waals surface area contributed by atoms with Gasteiger partial charge in [0.1, 0.15) is 0 Å². The van der Waals surface area contributed by atoms with E-state index in [1.54, 1.807) is 12.4 Å². The Morgan fingerprint density at radius 3 is 2.80 bits per heavy atom. The van der Waals surface area contributed by atoms with E-state index in [1.165, 1.54) is 6.20 Å². The molecule has 0 aliphatic heterocycles. The smallest absolute Gasteiger partial charge is 0.0775 e. The Balaban J connectivity index is 2.64. The summed E-state index contributed by atoms with van der Waals surface area (Å²) in [6, 6.07) is 7.65. The van der Waals surface area contributed by atoms with Gasteiger partial charge in [0.05, 0.1) is 5.52 Å². The van der Waals surface area contributed by atoms with Gasteiger partial charge < -0.3 is 5.11 Å². The lowest BCUT2D eigenvalue weighted by Gasteiger charge is -2.10. The highest BCUT2D eigenvalue weighted by atomic mass is 16.3. The number of fused-ring (bicyclic) bond motifs is 3. The predicted molar refractivity (Wildman–Crippen MR) is 56.5 cm³/mol. The molecule has 0 spiro atoms. The summed E-state index contributed by atoms with van der Waals surface area (Å²) in [5.74, 6) is -0.0724. The minimum absolute atomic E-state index is 0.0724. The van der Waals surface area contributed by atoms with E-state index in [9.17, 15) is 5.11 Å². The van der Waals surface area contributed by atoms with E-state index in [4.69, 9.17) is 0 Å². The zero-order valence-electron chi connectivity index (χ0n) is 7.84. The van der Waals surface area contributed by atoms with Gasteiger partial charge in [0.2, 0.25) is 0 Å². The van der Waals surface area contributed by atoms with Crippen molar-refractivity contribution < 1.29 is 5.11 Å². The van der Waals surface area contributed by atoms with Gasteiger partial charge in [-0.15, -0.1) is 0 Å². The molecule has 0 amide bonds. The van der Waals surface area contributed by atoms with Crippen molar-refractivity contribution in [1.82, 2.24) is 9.97 Å². The lowest BCUT2D eigenvalue weighted by atomic mass is 10.1. The molecule has 0 N–H and O–H groups in total. The van der Waals surface area contributed by atoms with E-state index >= 15 is 0 Å². The van der Waals surface area contributed by atoms with Crippen LogP contribution in [0.1, 0.15) is 0 Å². The molecule has 0 aliphatic rings. The van der Waals surface area contributed by atoms with E-state index in [0.717, 1.165) is 16.3 Å². The lowest BCUT2D eigenvalue weighted by molar-refractivity contribution is -0.266. The summed E-state index contributed by atoms with van der Waals surface area (Å²) in [7, 11) is 0. The first-order valence-corrected chi connectivity index (χ1v) is 4.65. The molecule has 3 rings (SSSR count). The van der Waals surface area contributed by atoms with Crippen LogP contribution in [0.2, 0.25) is 0 Å². The van der Waals surface area contributed by atoms with Gasteiger partial charge in [-0.3, -0.25) is 9.97 Å². The van der Waals surface area contributed by atoms with Gasteiger partial charge in [-0.1, -0.05) is 23.9 Å². The number of hydrogen-bond acceptors (Lipinski definition) is 3. The van der Waals surface area contributed by atoms with E-state index in [0.29, 0.717) is 5.39 Å². The largest absolute Gasteiger partial charge is 0.871 e. The average molecular weight is 195 g/mol. The van der Waals surface area contributed by atoms with E-state index in [-0.39, 0.29) is 5.75 Å². The van der Waals surface area contributed by atoms with Crippen LogP contribution in [-0.2, 0) is 0 Å². The second-order valence-electron chi connectivity index (χ2n) is 3.38. The summed E-state index contributed by atoms with van der Waals surface area (Å²) in [4.78, 5) is 8.12. The molecule has 1 aromatic carbocycles. The van der Waals surface area contributed by atoms with Crippen molar-refractivity contribution in [3.05, 3.63) is 42.9 Å². The minimum Gasteiger partial charge on any atom is -0.871 e. The highest BCUT2D eigenvalue weighted by Gasteiger charge is 2.01. The van der Waals surface area contributed by atoms with Crippen molar-refractivity contribution in [3.63, 3.8) is 0 Å². The third-order valence-electron chi connectivity index (χ3n) is 2.46. The van der Waals surface area contributed by atoms with E-state index in [2.05, 4.69) is 9.97 Å². The Hall–Kier alpha value is -2.16. The number of rotatable bonds is 0. The number of hydrogen-bond donors (Lipinski definition) is 0. The van der Waals surface area contributed by atoms with Gasteiger partial charge in [-0.05, 0) is 6.07 Å². The predicted octanol–water partition coefficient (Wildman–Crippen LogP) is 1.86. The van der Waals surface area contributed by atoms with Crippen molar-refractivity contribution in [2.24, 2.45) is 0 Å². The maximum atomic E-state index is 11.7. The zero-order chi connectivity index (χ0) is 10.3. The van der Waals surface area contributed by atoms with Crippen LogP contribution in [-0.4, -0.2) is 9.97 Å². The highest BCUT2D eigenvalue weighted by Crippen LogP contribution is 2.27. The molecule has 0 unspecified atom stereocenters. The third kappa shape index (κ3) is 1.13. The van der Waals surface area contributed by atoms with Crippen LogP contribution < -0.4 is 5.11 Å². The molecule has 3 heteroatoms. The normalized spacial score (nSPS) is 10.9. The highest BCUT2D eigenvalue weighted by molar-refractivity contribution is 6.07. The molecule has 3 aromatic rings. The van der Waals surface area contributed by atoms with Gasteiger partial charge in [0, 0.05) is 34.7 Å². The molecule has 0 atom stereocenters. The standard InChI is InChI=1S/C12H8N2O/c15-10-7-13-6-9-4-3-8-2-1-5-14-12(8)11(9)10/h1-7,15H/p-1. The molecule has 2 heterocycles. The summed E-state index contributed by atoms with van der Waals surface area (Å²) < 4.78 is 0. The number of aromatic nitrogens is 2. The lowest BCUT2D eigenvalue weighted by Crippen LogP contribution is -1.93. The van der Waals surface area contributed by atoms with Gasteiger partial charge in [0.15, 0.2) is 0 Å². The van der Waals surface area contributed by atoms with Gasteiger partial charge in [-0.25, -0.2) is 0 Å². The fraction of sp³-hybridized carbons (Fsp3) is 0. The minimum atomic E-state index is -0.0724. The molecule has 3 nitrogen and oxygen atoms in total. The SMILES string of the molecule is [O-]c1cncc2ccc3cccnc3c12. The Labute approximate surface area is 86.0 Å². The molecule has 72 valence electrons. The molecule has 15 heavy (non-hydrogen) atoms. The molecule has 0 bridgehead atoms. The number of pyridine rings is 2. The van der Waals surface area contributed by atoms with Crippen molar-refractivity contribution in [1.29, 1.82) is 0 Å². The topological polar surface area (TPSA) is 48.8 Å². The quantitative estimate of drug-likeness (QED) is 0.514. The summed E-state index contributed by atoms with van der Waals surface area (Å²) in [5, 5.41) is 14.2. The molecular formula is C12H7N2O-. The van der Waals surface area contributed by atoms with Crippen molar-refractivity contribution in [2.45, 2.75) is 0 Å². The molecule has 2 aromatic heterocycles. The first-order chi connectivity index (χ1) is 7.36. The first-order valence-electron chi connectivity index (χ1n) is 4.65. The van der Waals surface area contributed by atoms with Crippen molar-refractivity contribution in [3.8, 4) is 5.75 Å². The Morgan fingerprint density at radius 2 is 1.87 bits per heavy atom. The molecule has 0 saturated carbocycles. The fourth-order valence-corrected chi connectivity index (χ4v) is 1.78. The third-order valence-corrected chi connectivity index (χ3v) is 2.46. The van der Waals surface area contributed by atoms with Gasteiger partial charge in [0.25, 0.3) is 0 Å². The molecule has 0 radical (unpaired) electrons. The summed E-state index contributed by atoms with van der Waals surface area (Å²) in [6.45, 7) is 0. The number of nitrogens with zero attached hydrogens (tertiary/aromatic N) is 2. The molecule has 0 saturated heterocycles. The first kappa shape index (κ1) is 8.17. The van der Waals surface area contributed by atoms with Crippen LogP contribution >= 0.6 is 0 Å². The van der Waals surface area contributed by atoms with Crippen molar-refractivity contribution >= 4 is 21.7 Å². The monoisotopic (exact) mass is 195 g/mol. The van der Waals surface area contributed by atoms with Crippen LogP contribution in [0.4, 0.5) is 0 Å². The Morgan fingerprint density at radius 1 is 1.00 bits per heavy atom. The van der Waals surface area contributed by atoms with Crippen LogP contribution in [0.15, 0.2) is 42.9 Å². The maximum absolute atomic E-state index is 11.7. The summed E-state index contributed by atoms with van der Waals surface area (Å²) in [6.07, 6.45) is 4.71. The van der Waals surface area contributed by atoms with Crippen LogP contribution in [0, 0.1) is 0 Å². The van der Waals surface area contributed by atoms with E-state index < -0.39 is 0 Å². The number of benzene rings is 1. The van der Waals surface area contributed by atoms with Crippen molar-refractivity contribution in [2.75, 3.05) is 0 Å². The Kier molecular flexibility index (Phi) is 1.59. The molecule has 0 aliphatic carbocycles. The zero-order valence-corrected chi connectivity index (χ0v) is 7.84. The fourth-order valence-electron chi connectivity index (χ4n) is 1.78. The van der Waals surface area contributed by atoms with E-state index in [1.807, 2.05) is 24.3 Å². The van der Waals surface area contributed by atoms with Crippen LogP contribution in [0.3, 0.4) is 0 Å².